The standard InChI is InChI=1S/C12H8F4N2O2.C6H11NO2/c1-2-12(15,16)9-10(19)18-8-5-6(20-11(13)14)3-4-7(8)17-9;1-9-6(8)5-3-2-4-7-5/h2-5,11H,1H2,(H,18,19);5,7H,2-4H2,1H3. The van der Waals surface area contributed by atoms with Gasteiger partial charge >= 0.3 is 18.5 Å². The number of hydrogen-bond acceptors (Lipinski definition) is 6. The van der Waals surface area contributed by atoms with Gasteiger partial charge in [0.25, 0.3) is 5.56 Å². The van der Waals surface area contributed by atoms with Crippen molar-refractivity contribution < 1.29 is 31.8 Å². The molecule has 2 N–H and O–H groups in total. The number of carbonyl (C=O) groups is 1. The summed E-state index contributed by atoms with van der Waals surface area (Å²) >= 11 is 0. The van der Waals surface area contributed by atoms with Crippen LogP contribution in [-0.2, 0) is 15.5 Å². The molecule has 0 spiro atoms. The number of esters is 1. The first-order valence-electron chi connectivity index (χ1n) is 8.50. The molecule has 2 aromatic rings. The summed E-state index contributed by atoms with van der Waals surface area (Å²) < 4.78 is 59.6. The van der Waals surface area contributed by atoms with Crippen LogP contribution in [-0.4, -0.2) is 42.2 Å². The molecule has 29 heavy (non-hydrogen) atoms. The van der Waals surface area contributed by atoms with Crippen molar-refractivity contribution in [2.24, 2.45) is 0 Å². The number of carbonyl (C=O) groups excluding carboxylic acids is 1. The van der Waals surface area contributed by atoms with Gasteiger partial charge < -0.3 is 19.8 Å². The van der Waals surface area contributed by atoms with E-state index in [2.05, 4.69) is 31.3 Å². The predicted octanol–water partition coefficient (Wildman–Crippen LogP) is 2.71. The van der Waals surface area contributed by atoms with E-state index < -0.39 is 23.8 Å². The Balaban J connectivity index is 0.000000278. The number of H-pyrrole nitrogens is 1. The number of aromatic amines is 1. The van der Waals surface area contributed by atoms with E-state index in [1.165, 1.54) is 13.2 Å². The highest BCUT2D eigenvalue weighted by Crippen LogP contribution is 2.26. The van der Waals surface area contributed by atoms with Crippen LogP contribution in [0.25, 0.3) is 11.0 Å². The number of benzene rings is 1. The Morgan fingerprint density at radius 3 is 2.69 bits per heavy atom. The quantitative estimate of drug-likeness (QED) is 0.442. The van der Waals surface area contributed by atoms with Gasteiger partial charge in [-0.3, -0.25) is 9.59 Å². The zero-order valence-corrected chi connectivity index (χ0v) is 15.4. The van der Waals surface area contributed by atoms with Gasteiger partial charge in [0.05, 0.1) is 18.1 Å². The van der Waals surface area contributed by atoms with Crippen LogP contribution in [0, 0.1) is 0 Å². The van der Waals surface area contributed by atoms with E-state index >= 15 is 0 Å². The summed E-state index contributed by atoms with van der Waals surface area (Å²) in [4.78, 5) is 27.9. The van der Waals surface area contributed by atoms with Crippen molar-refractivity contribution in [2.75, 3.05) is 13.7 Å². The molecule has 1 aromatic carbocycles. The van der Waals surface area contributed by atoms with Crippen molar-refractivity contribution in [3.8, 4) is 5.75 Å². The number of nitrogens with one attached hydrogen (secondary N) is 2. The lowest BCUT2D eigenvalue weighted by Gasteiger charge is -2.11. The van der Waals surface area contributed by atoms with Crippen molar-refractivity contribution >= 4 is 17.0 Å². The molecule has 1 aliphatic rings. The van der Waals surface area contributed by atoms with Crippen LogP contribution in [0.3, 0.4) is 0 Å². The normalized spacial score (nSPS) is 16.3. The Kier molecular flexibility index (Phi) is 7.32. The van der Waals surface area contributed by atoms with Gasteiger partial charge in [-0.1, -0.05) is 6.58 Å². The van der Waals surface area contributed by atoms with Gasteiger partial charge in [-0.05, 0) is 37.6 Å². The number of alkyl halides is 4. The van der Waals surface area contributed by atoms with Crippen molar-refractivity contribution in [3.05, 3.63) is 46.9 Å². The van der Waals surface area contributed by atoms with Crippen LogP contribution in [0.2, 0.25) is 0 Å². The molecule has 158 valence electrons. The average Bonchev–Trinajstić information content (AvgIpc) is 3.21. The van der Waals surface area contributed by atoms with E-state index in [1.54, 1.807) is 0 Å². The minimum atomic E-state index is -3.58. The third-order valence-electron chi connectivity index (χ3n) is 4.01. The number of hydrogen-bond donors (Lipinski definition) is 2. The molecule has 11 heteroatoms. The van der Waals surface area contributed by atoms with Gasteiger partial charge in [-0.15, -0.1) is 0 Å². The van der Waals surface area contributed by atoms with Gasteiger partial charge in [0.2, 0.25) is 0 Å². The lowest BCUT2D eigenvalue weighted by molar-refractivity contribution is -0.142. The van der Waals surface area contributed by atoms with Crippen LogP contribution in [0.4, 0.5) is 17.6 Å². The first kappa shape index (κ1) is 22.3. The lowest BCUT2D eigenvalue weighted by Crippen LogP contribution is -2.31. The average molecular weight is 417 g/mol. The molecular formula is C18H19F4N3O4. The predicted molar refractivity (Wildman–Crippen MR) is 96.1 cm³/mol. The van der Waals surface area contributed by atoms with Crippen LogP contribution in [0.1, 0.15) is 18.5 Å². The fourth-order valence-electron chi connectivity index (χ4n) is 2.59. The van der Waals surface area contributed by atoms with E-state index in [0.717, 1.165) is 31.5 Å². The summed E-state index contributed by atoms with van der Waals surface area (Å²) in [5.74, 6) is -3.93. The zero-order valence-electron chi connectivity index (χ0n) is 15.4. The van der Waals surface area contributed by atoms with E-state index in [1.807, 2.05) is 0 Å². The maximum atomic E-state index is 13.4. The summed E-state index contributed by atoms with van der Waals surface area (Å²) in [5.41, 5.74) is -2.11. The molecular weight excluding hydrogens is 398 g/mol. The number of nitrogens with zero attached hydrogens (tertiary/aromatic N) is 1. The maximum absolute atomic E-state index is 13.4. The summed E-state index contributed by atoms with van der Waals surface area (Å²) in [5, 5.41) is 3.03. The van der Waals surface area contributed by atoms with Crippen molar-refractivity contribution in [1.29, 1.82) is 0 Å². The molecule has 0 saturated carbocycles. The smallest absolute Gasteiger partial charge is 0.387 e. The molecule has 1 saturated heterocycles. The summed E-state index contributed by atoms with van der Waals surface area (Å²) in [6, 6.07) is 3.36. The van der Waals surface area contributed by atoms with E-state index in [4.69, 9.17) is 0 Å². The molecule has 0 radical (unpaired) electrons. The van der Waals surface area contributed by atoms with E-state index in [-0.39, 0.29) is 28.8 Å². The highest BCUT2D eigenvalue weighted by molar-refractivity contribution is 5.76. The first-order valence-corrected chi connectivity index (χ1v) is 8.50. The molecule has 2 heterocycles. The van der Waals surface area contributed by atoms with Crippen LogP contribution in [0.15, 0.2) is 35.6 Å². The molecule has 7 nitrogen and oxygen atoms in total. The highest BCUT2D eigenvalue weighted by atomic mass is 19.3. The molecule has 1 aromatic heterocycles. The second kappa shape index (κ2) is 9.50. The number of methoxy groups -OCH3 is 1. The fourth-order valence-corrected chi connectivity index (χ4v) is 2.59. The third kappa shape index (κ3) is 5.76. The second-order valence-electron chi connectivity index (χ2n) is 5.97. The summed E-state index contributed by atoms with van der Waals surface area (Å²) in [7, 11) is 1.42. The number of rotatable bonds is 5. The lowest BCUT2D eigenvalue weighted by atomic mass is 10.2. The number of aromatic nitrogens is 2. The monoisotopic (exact) mass is 417 g/mol. The Morgan fingerprint density at radius 1 is 1.41 bits per heavy atom. The first-order chi connectivity index (χ1) is 13.7. The van der Waals surface area contributed by atoms with Gasteiger partial charge in [0.1, 0.15) is 11.8 Å². The van der Waals surface area contributed by atoms with E-state index in [0.29, 0.717) is 6.08 Å². The van der Waals surface area contributed by atoms with Gasteiger partial charge in [-0.25, -0.2) is 4.98 Å². The molecule has 0 amide bonds. The molecule has 1 atom stereocenters. The Hall–Kier alpha value is -2.95. The Morgan fingerprint density at radius 2 is 2.14 bits per heavy atom. The molecule has 1 unspecified atom stereocenters. The van der Waals surface area contributed by atoms with Crippen molar-refractivity contribution in [3.63, 3.8) is 0 Å². The molecule has 3 rings (SSSR count). The molecule has 1 fully saturated rings. The zero-order chi connectivity index (χ0) is 21.6. The van der Waals surface area contributed by atoms with Gasteiger partial charge in [-0.2, -0.15) is 17.6 Å². The molecule has 0 bridgehead atoms. The maximum Gasteiger partial charge on any atom is 0.387 e. The number of ether oxygens (including phenoxy) is 2. The Bertz CT molecular complexity index is 927. The third-order valence-corrected chi connectivity index (χ3v) is 4.01. The summed E-state index contributed by atoms with van der Waals surface area (Å²) in [6.07, 6.45) is 2.30. The van der Waals surface area contributed by atoms with Crippen LogP contribution < -0.4 is 15.6 Å². The van der Waals surface area contributed by atoms with Crippen molar-refractivity contribution in [1.82, 2.24) is 15.3 Å². The largest absolute Gasteiger partial charge is 0.468 e. The van der Waals surface area contributed by atoms with Crippen LogP contribution in [0.5, 0.6) is 5.75 Å². The topological polar surface area (TPSA) is 93.3 Å². The minimum absolute atomic E-state index is 0.0109. The number of allylic oxidation sites excluding steroid dienone is 1. The fraction of sp³-hybridized carbons (Fsp3) is 0.389. The SMILES string of the molecule is C=CC(F)(F)c1nc2ccc(OC(F)F)cc2[nH]c1=O.COC(=O)C1CCCN1. The van der Waals surface area contributed by atoms with Crippen molar-refractivity contribution in [2.45, 2.75) is 31.4 Å². The second-order valence-corrected chi connectivity index (χ2v) is 5.97. The number of halogens is 4. The highest BCUT2D eigenvalue weighted by Gasteiger charge is 2.32. The van der Waals surface area contributed by atoms with Gasteiger partial charge in [0, 0.05) is 6.07 Å². The Labute approximate surface area is 162 Å². The molecule has 0 aliphatic carbocycles. The molecule has 1 aliphatic heterocycles. The van der Waals surface area contributed by atoms with Crippen LogP contribution >= 0.6 is 0 Å². The number of fused-ring (bicyclic) bond motifs is 1. The minimum Gasteiger partial charge on any atom is -0.468 e. The van der Waals surface area contributed by atoms with Gasteiger partial charge in [0.15, 0.2) is 5.69 Å². The van der Waals surface area contributed by atoms with E-state index in [9.17, 15) is 27.2 Å². The summed E-state index contributed by atoms with van der Waals surface area (Å²) in [6.45, 7) is 0.844.